The second kappa shape index (κ2) is 5.82. The zero-order chi connectivity index (χ0) is 12.0. The number of carbonyl (C=O) groups is 1. The van der Waals surface area contributed by atoms with Crippen molar-refractivity contribution in [3.8, 4) is 11.5 Å². The highest BCUT2D eigenvalue weighted by Gasteiger charge is 2.00. The molecule has 0 radical (unpaired) electrons. The molecular formula is C10H15N3O3. The van der Waals surface area contributed by atoms with Crippen molar-refractivity contribution in [2.45, 2.75) is 6.54 Å². The molecule has 1 aromatic rings. The minimum atomic E-state index is -0.552. The van der Waals surface area contributed by atoms with Crippen LogP contribution in [0.2, 0.25) is 0 Å². The molecule has 6 nitrogen and oxygen atoms in total. The number of hydrogen-bond acceptors (Lipinski definition) is 4. The lowest BCUT2D eigenvalue weighted by molar-refractivity contribution is 0.249. The first-order chi connectivity index (χ1) is 7.59. The number of carbonyl (C=O) groups excluding carboxylic acids is 1. The van der Waals surface area contributed by atoms with E-state index in [0.717, 1.165) is 5.56 Å². The lowest BCUT2D eigenvalue weighted by Crippen LogP contribution is -2.35. The van der Waals surface area contributed by atoms with Gasteiger partial charge in [-0.05, 0) is 17.7 Å². The first-order valence-corrected chi connectivity index (χ1v) is 4.84. The molecule has 1 rings (SSSR count). The van der Waals surface area contributed by atoms with Gasteiger partial charge in [0.1, 0.15) is 0 Å². The van der Waals surface area contributed by atoms with E-state index in [9.17, 15) is 9.90 Å². The van der Waals surface area contributed by atoms with E-state index in [1.807, 2.05) is 0 Å². The van der Waals surface area contributed by atoms with Crippen LogP contribution in [-0.4, -0.2) is 29.3 Å². The Hall–Kier alpha value is -1.95. The van der Waals surface area contributed by atoms with Crippen LogP contribution < -0.4 is 16.4 Å². The SMILES string of the molecule is NC(=O)NCCNCc1ccc(O)c(O)c1. The highest BCUT2D eigenvalue weighted by atomic mass is 16.3. The molecular weight excluding hydrogens is 210 g/mol. The summed E-state index contributed by atoms with van der Waals surface area (Å²) in [5.41, 5.74) is 5.73. The van der Waals surface area contributed by atoms with Crippen LogP contribution in [0.4, 0.5) is 4.79 Å². The molecule has 16 heavy (non-hydrogen) atoms. The molecule has 0 aromatic heterocycles. The molecule has 1 aromatic carbocycles. The van der Waals surface area contributed by atoms with Gasteiger partial charge in [0.2, 0.25) is 0 Å². The predicted molar refractivity (Wildman–Crippen MR) is 59.1 cm³/mol. The first kappa shape index (κ1) is 12.1. The zero-order valence-electron chi connectivity index (χ0n) is 8.73. The van der Waals surface area contributed by atoms with Crippen LogP contribution in [-0.2, 0) is 6.54 Å². The Bertz CT molecular complexity index is 368. The highest BCUT2D eigenvalue weighted by molar-refractivity contribution is 5.71. The Morgan fingerprint density at radius 3 is 2.62 bits per heavy atom. The number of phenols is 2. The molecule has 0 saturated heterocycles. The van der Waals surface area contributed by atoms with E-state index in [-0.39, 0.29) is 11.5 Å². The molecule has 0 spiro atoms. The number of primary amides is 1. The fraction of sp³-hybridized carbons (Fsp3) is 0.300. The normalized spacial score (nSPS) is 10.0. The summed E-state index contributed by atoms with van der Waals surface area (Å²) in [6, 6.07) is 4.05. The van der Waals surface area contributed by atoms with Gasteiger partial charge in [-0.25, -0.2) is 4.79 Å². The number of rotatable bonds is 5. The second-order valence-electron chi connectivity index (χ2n) is 3.29. The van der Waals surface area contributed by atoms with E-state index >= 15 is 0 Å². The van der Waals surface area contributed by atoms with Crippen molar-refractivity contribution in [3.63, 3.8) is 0 Å². The summed E-state index contributed by atoms with van der Waals surface area (Å²) in [6.07, 6.45) is 0. The van der Waals surface area contributed by atoms with Gasteiger partial charge in [0.25, 0.3) is 0 Å². The summed E-state index contributed by atoms with van der Waals surface area (Å²) in [5, 5.41) is 23.8. The third-order valence-corrected chi connectivity index (χ3v) is 1.97. The minimum absolute atomic E-state index is 0.140. The van der Waals surface area contributed by atoms with Crippen LogP contribution >= 0.6 is 0 Å². The second-order valence-corrected chi connectivity index (χ2v) is 3.29. The van der Waals surface area contributed by atoms with Crippen LogP contribution in [0.1, 0.15) is 5.56 Å². The maximum absolute atomic E-state index is 10.3. The van der Waals surface area contributed by atoms with Gasteiger partial charge >= 0.3 is 6.03 Å². The van der Waals surface area contributed by atoms with Crippen LogP contribution in [0.25, 0.3) is 0 Å². The highest BCUT2D eigenvalue weighted by Crippen LogP contribution is 2.24. The number of urea groups is 1. The number of nitrogens with one attached hydrogen (secondary N) is 2. The quantitative estimate of drug-likeness (QED) is 0.355. The average Bonchev–Trinajstić information content (AvgIpc) is 2.22. The number of amides is 2. The Morgan fingerprint density at radius 1 is 1.25 bits per heavy atom. The van der Waals surface area contributed by atoms with E-state index in [1.54, 1.807) is 6.07 Å². The van der Waals surface area contributed by atoms with Crippen LogP contribution in [0, 0.1) is 0 Å². The number of phenolic OH excluding ortho intramolecular Hbond substituents is 2. The Labute approximate surface area is 93.1 Å². The average molecular weight is 225 g/mol. The van der Waals surface area contributed by atoms with Gasteiger partial charge in [0, 0.05) is 19.6 Å². The topological polar surface area (TPSA) is 108 Å². The molecule has 6 heteroatoms. The third-order valence-electron chi connectivity index (χ3n) is 1.97. The lowest BCUT2D eigenvalue weighted by atomic mass is 10.2. The number of benzene rings is 1. The van der Waals surface area contributed by atoms with E-state index in [4.69, 9.17) is 10.8 Å². The van der Waals surface area contributed by atoms with Gasteiger partial charge in [-0.3, -0.25) is 0 Å². The van der Waals surface area contributed by atoms with Crippen molar-refractivity contribution < 1.29 is 15.0 Å². The van der Waals surface area contributed by atoms with Crippen LogP contribution in [0.15, 0.2) is 18.2 Å². The van der Waals surface area contributed by atoms with Gasteiger partial charge in [0.15, 0.2) is 11.5 Å². The summed E-state index contributed by atoms with van der Waals surface area (Å²) >= 11 is 0. The molecule has 0 atom stereocenters. The molecule has 0 aliphatic rings. The number of nitrogens with two attached hydrogens (primary N) is 1. The van der Waals surface area contributed by atoms with Crippen LogP contribution in [0.5, 0.6) is 11.5 Å². The van der Waals surface area contributed by atoms with Gasteiger partial charge in [-0.15, -0.1) is 0 Å². The zero-order valence-corrected chi connectivity index (χ0v) is 8.73. The maximum Gasteiger partial charge on any atom is 0.312 e. The van der Waals surface area contributed by atoms with E-state index in [2.05, 4.69) is 10.6 Å². The van der Waals surface area contributed by atoms with Crippen molar-refractivity contribution in [1.29, 1.82) is 0 Å². The van der Waals surface area contributed by atoms with E-state index < -0.39 is 6.03 Å². The third kappa shape index (κ3) is 4.05. The smallest absolute Gasteiger partial charge is 0.312 e. The molecule has 0 heterocycles. The summed E-state index contributed by atoms with van der Waals surface area (Å²) in [5.74, 6) is -0.284. The molecule has 0 saturated carbocycles. The summed E-state index contributed by atoms with van der Waals surface area (Å²) in [7, 11) is 0. The standard InChI is InChI=1S/C10H15N3O3/c11-10(16)13-4-3-12-6-7-1-2-8(14)9(15)5-7/h1-2,5,12,14-15H,3-4,6H2,(H3,11,13,16). The summed E-state index contributed by atoms with van der Waals surface area (Å²) in [4.78, 5) is 10.3. The fourth-order valence-electron chi connectivity index (χ4n) is 1.19. The number of hydrogen-bond donors (Lipinski definition) is 5. The monoisotopic (exact) mass is 225 g/mol. The van der Waals surface area contributed by atoms with Crippen molar-refractivity contribution in [3.05, 3.63) is 23.8 Å². The minimum Gasteiger partial charge on any atom is -0.504 e. The molecule has 6 N–H and O–H groups in total. The molecule has 0 fully saturated rings. The van der Waals surface area contributed by atoms with Gasteiger partial charge in [-0.2, -0.15) is 0 Å². The van der Waals surface area contributed by atoms with Crippen LogP contribution in [0.3, 0.4) is 0 Å². The molecule has 0 aliphatic heterocycles. The molecule has 0 bridgehead atoms. The Kier molecular flexibility index (Phi) is 4.41. The van der Waals surface area contributed by atoms with Gasteiger partial charge < -0.3 is 26.6 Å². The Morgan fingerprint density at radius 2 is 2.00 bits per heavy atom. The summed E-state index contributed by atoms with van der Waals surface area (Å²) in [6.45, 7) is 1.55. The fourth-order valence-corrected chi connectivity index (χ4v) is 1.19. The lowest BCUT2D eigenvalue weighted by Gasteiger charge is -2.06. The van der Waals surface area contributed by atoms with E-state index in [1.165, 1.54) is 12.1 Å². The van der Waals surface area contributed by atoms with Crippen molar-refractivity contribution in [2.75, 3.05) is 13.1 Å². The summed E-state index contributed by atoms with van der Waals surface area (Å²) < 4.78 is 0. The molecule has 0 aliphatic carbocycles. The Balaban J connectivity index is 2.27. The maximum atomic E-state index is 10.3. The van der Waals surface area contributed by atoms with E-state index in [0.29, 0.717) is 19.6 Å². The first-order valence-electron chi connectivity index (χ1n) is 4.84. The molecule has 0 unspecified atom stereocenters. The molecule has 88 valence electrons. The van der Waals surface area contributed by atoms with Crippen molar-refractivity contribution in [1.82, 2.24) is 10.6 Å². The van der Waals surface area contributed by atoms with Gasteiger partial charge in [-0.1, -0.05) is 6.07 Å². The predicted octanol–water partition coefficient (Wildman–Crippen LogP) is -0.144. The van der Waals surface area contributed by atoms with Crippen molar-refractivity contribution >= 4 is 6.03 Å². The van der Waals surface area contributed by atoms with Gasteiger partial charge in [0.05, 0.1) is 0 Å². The molecule has 2 amide bonds. The number of aromatic hydroxyl groups is 2. The largest absolute Gasteiger partial charge is 0.504 e. The van der Waals surface area contributed by atoms with Crippen molar-refractivity contribution in [2.24, 2.45) is 5.73 Å².